The molecule has 1 aromatic carbocycles. The van der Waals surface area contributed by atoms with Crippen LogP contribution < -0.4 is 10.6 Å². The third-order valence-corrected chi connectivity index (χ3v) is 3.64. The van der Waals surface area contributed by atoms with Crippen LogP contribution in [0.2, 0.25) is 0 Å². The van der Waals surface area contributed by atoms with E-state index in [1.165, 1.54) is 16.8 Å². The number of hydrogen-bond acceptors (Lipinski definition) is 3. The molecule has 17 heavy (non-hydrogen) atoms. The lowest BCUT2D eigenvalue weighted by Gasteiger charge is -2.27. The molecule has 2 N–H and O–H groups in total. The van der Waals surface area contributed by atoms with Crippen molar-refractivity contribution in [1.82, 2.24) is 4.90 Å². The Hall–Kier alpha value is -1.06. The molecule has 1 aromatic rings. The second-order valence-electron chi connectivity index (χ2n) is 5.30. The summed E-state index contributed by atoms with van der Waals surface area (Å²) in [6.07, 6.45) is 0. The first-order valence-electron chi connectivity index (χ1n) is 6.30. The van der Waals surface area contributed by atoms with Gasteiger partial charge >= 0.3 is 0 Å². The fourth-order valence-electron chi connectivity index (χ4n) is 2.61. The number of benzene rings is 1. The standard InChI is InChI=1S/C14H23N3/c1-10(2)17-9-11-5-6-12(16(3)4)7-13(11)14(17)8-15/h5-7,10,14H,8-9,15H2,1-4H3. The number of rotatable bonds is 3. The fourth-order valence-corrected chi connectivity index (χ4v) is 2.61. The molecule has 3 nitrogen and oxygen atoms in total. The molecule has 1 heterocycles. The van der Waals surface area contributed by atoms with Crippen LogP contribution in [0.3, 0.4) is 0 Å². The highest BCUT2D eigenvalue weighted by molar-refractivity contribution is 5.52. The Labute approximate surface area is 104 Å². The largest absolute Gasteiger partial charge is 0.378 e. The lowest BCUT2D eigenvalue weighted by molar-refractivity contribution is 0.172. The topological polar surface area (TPSA) is 32.5 Å². The minimum absolute atomic E-state index is 0.380. The van der Waals surface area contributed by atoms with Crippen LogP contribution in [0.5, 0.6) is 0 Å². The van der Waals surface area contributed by atoms with E-state index in [0.29, 0.717) is 18.6 Å². The van der Waals surface area contributed by atoms with Crippen molar-refractivity contribution in [2.75, 3.05) is 25.5 Å². The van der Waals surface area contributed by atoms with Crippen LogP contribution in [-0.2, 0) is 6.54 Å². The van der Waals surface area contributed by atoms with Crippen molar-refractivity contribution in [3.63, 3.8) is 0 Å². The van der Waals surface area contributed by atoms with Crippen LogP contribution in [0.1, 0.15) is 31.0 Å². The summed E-state index contributed by atoms with van der Waals surface area (Å²) in [5.74, 6) is 0. The zero-order chi connectivity index (χ0) is 12.6. The lowest BCUT2D eigenvalue weighted by atomic mass is 10.0. The second kappa shape index (κ2) is 4.67. The van der Waals surface area contributed by atoms with Gasteiger partial charge in [-0.3, -0.25) is 4.90 Å². The van der Waals surface area contributed by atoms with Crippen molar-refractivity contribution in [2.45, 2.75) is 32.5 Å². The van der Waals surface area contributed by atoms with Gasteiger partial charge in [0.25, 0.3) is 0 Å². The van der Waals surface area contributed by atoms with Crippen molar-refractivity contribution in [2.24, 2.45) is 5.73 Å². The van der Waals surface area contributed by atoms with E-state index in [1.807, 2.05) is 0 Å². The van der Waals surface area contributed by atoms with E-state index < -0.39 is 0 Å². The van der Waals surface area contributed by atoms with Crippen LogP contribution in [-0.4, -0.2) is 31.6 Å². The van der Waals surface area contributed by atoms with E-state index >= 15 is 0 Å². The number of fused-ring (bicyclic) bond motifs is 1. The highest BCUT2D eigenvalue weighted by Gasteiger charge is 2.30. The highest BCUT2D eigenvalue weighted by atomic mass is 15.2. The van der Waals surface area contributed by atoms with Gasteiger partial charge in [0.05, 0.1) is 0 Å². The third-order valence-electron chi connectivity index (χ3n) is 3.64. The molecule has 0 radical (unpaired) electrons. The minimum Gasteiger partial charge on any atom is -0.378 e. The van der Waals surface area contributed by atoms with Crippen molar-refractivity contribution in [3.05, 3.63) is 29.3 Å². The average Bonchev–Trinajstić information content (AvgIpc) is 2.66. The smallest absolute Gasteiger partial charge is 0.0480 e. The summed E-state index contributed by atoms with van der Waals surface area (Å²) >= 11 is 0. The van der Waals surface area contributed by atoms with Gasteiger partial charge in [-0.05, 0) is 37.1 Å². The molecule has 1 atom stereocenters. The van der Waals surface area contributed by atoms with E-state index in [0.717, 1.165) is 6.54 Å². The summed E-state index contributed by atoms with van der Waals surface area (Å²) in [6.45, 7) is 6.20. The summed E-state index contributed by atoms with van der Waals surface area (Å²) in [7, 11) is 4.16. The van der Waals surface area contributed by atoms with Crippen LogP contribution in [0.4, 0.5) is 5.69 Å². The van der Waals surface area contributed by atoms with Crippen LogP contribution in [0.15, 0.2) is 18.2 Å². The summed E-state index contributed by atoms with van der Waals surface area (Å²) in [6, 6.07) is 7.64. The number of nitrogens with zero attached hydrogens (tertiary/aromatic N) is 2. The maximum atomic E-state index is 5.95. The maximum Gasteiger partial charge on any atom is 0.0480 e. The van der Waals surface area contributed by atoms with Gasteiger partial charge in [0.1, 0.15) is 0 Å². The van der Waals surface area contributed by atoms with Gasteiger partial charge in [0, 0.05) is 45.0 Å². The lowest BCUT2D eigenvalue weighted by Crippen LogP contribution is -2.33. The summed E-state index contributed by atoms with van der Waals surface area (Å²) in [5.41, 5.74) is 10.0. The van der Waals surface area contributed by atoms with E-state index in [2.05, 4.69) is 55.9 Å². The van der Waals surface area contributed by atoms with Crippen LogP contribution >= 0.6 is 0 Å². The number of nitrogens with two attached hydrogens (primary N) is 1. The molecule has 1 aliphatic rings. The zero-order valence-electron chi connectivity index (χ0n) is 11.3. The summed E-state index contributed by atoms with van der Waals surface area (Å²) < 4.78 is 0. The molecule has 2 rings (SSSR count). The Kier molecular flexibility index (Phi) is 3.40. The van der Waals surface area contributed by atoms with Gasteiger partial charge in [-0.2, -0.15) is 0 Å². The third kappa shape index (κ3) is 2.17. The average molecular weight is 233 g/mol. The molecule has 0 fully saturated rings. The van der Waals surface area contributed by atoms with Crippen molar-refractivity contribution in [3.8, 4) is 0 Å². The van der Waals surface area contributed by atoms with Gasteiger partial charge in [-0.1, -0.05) is 6.07 Å². The molecular formula is C14H23N3. The summed E-state index contributed by atoms with van der Waals surface area (Å²) in [4.78, 5) is 4.62. The van der Waals surface area contributed by atoms with Crippen molar-refractivity contribution in [1.29, 1.82) is 0 Å². The van der Waals surface area contributed by atoms with Gasteiger partial charge < -0.3 is 10.6 Å². The predicted octanol–water partition coefficient (Wildman–Crippen LogP) is 1.98. The first kappa shape index (κ1) is 12.4. The van der Waals surface area contributed by atoms with E-state index in [1.54, 1.807) is 0 Å². The van der Waals surface area contributed by atoms with Gasteiger partial charge in [0.2, 0.25) is 0 Å². The first-order chi connectivity index (χ1) is 8.04. The van der Waals surface area contributed by atoms with E-state index in [4.69, 9.17) is 5.73 Å². The molecule has 1 unspecified atom stereocenters. The number of hydrogen-bond donors (Lipinski definition) is 1. The molecule has 1 aliphatic heterocycles. The van der Waals surface area contributed by atoms with Gasteiger partial charge in [0.15, 0.2) is 0 Å². The monoisotopic (exact) mass is 233 g/mol. The Morgan fingerprint density at radius 2 is 2.12 bits per heavy atom. The van der Waals surface area contributed by atoms with E-state index in [9.17, 15) is 0 Å². The van der Waals surface area contributed by atoms with E-state index in [-0.39, 0.29) is 0 Å². The first-order valence-corrected chi connectivity index (χ1v) is 6.30. The Balaban J connectivity index is 2.37. The second-order valence-corrected chi connectivity index (χ2v) is 5.30. The number of anilines is 1. The van der Waals surface area contributed by atoms with Gasteiger partial charge in [-0.15, -0.1) is 0 Å². The molecular weight excluding hydrogens is 210 g/mol. The molecule has 0 spiro atoms. The molecule has 0 amide bonds. The normalized spacial score (nSPS) is 19.8. The minimum atomic E-state index is 0.380. The maximum absolute atomic E-state index is 5.95. The molecule has 0 saturated heterocycles. The van der Waals surface area contributed by atoms with Crippen molar-refractivity contribution >= 4 is 5.69 Å². The molecule has 0 bridgehead atoms. The highest BCUT2D eigenvalue weighted by Crippen LogP contribution is 2.36. The quantitative estimate of drug-likeness (QED) is 0.866. The Morgan fingerprint density at radius 3 is 2.65 bits per heavy atom. The zero-order valence-corrected chi connectivity index (χ0v) is 11.3. The Bertz CT molecular complexity index is 398. The molecule has 0 aliphatic carbocycles. The Morgan fingerprint density at radius 1 is 1.41 bits per heavy atom. The molecule has 3 heteroatoms. The SMILES string of the molecule is CC(C)N1Cc2ccc(N(C)C)cc2C1CN. The predicted molar refractivity (Wildman–Crippen MR) is 73.2 cm³/mol. The molecule has 94 valence electrons. The van der Waals surface area contributed by atoms with Crippen LogP contribution in [0.25, 0.3) is 0 Å². The van der Waals surface area contributed by atoms with Crippen molar-refractivity contribution < 1.29 is 0 Å². The molecule has 0 aromatic heterocycles. The fraction of sp³-hybridized carbons (Fsp3) is 0.571. The van der Waals surface area contributed by atoms with Gasteiger partial charge in [-0.25, -0.2) is 0 Å². The molecule has 0 saturated carbocycles. The van der Waals surface area contributed by atoms with Crippen LogP contribution in [0, 0.1) is 0 Å². The summed E-state index contributed by atoms with van der Waals surface area (Å²) in [5, 5.41) is 0.